The van der Waals surface area contributed by atoms with Crippen LogP contribution >= 0.6 is 24.4 Å². The molecule has 0 bridgehead atoms. The van der Waals surface area contributed by atoms with E-state index in [1.807, 2.05) is 62.0 Å². The van der Waals surface area contributed by atoms with E-state index in [4.69, 9.17) is 68.5 Å². The van der Waals surface area contributed by atoms with Gasteiger partial charge in [-0.1, -0.05) is 121 Å². The van der Waals surface area contributed by atoms with Crippen molar-refractivity contribution in [1.29, 1.82) is 0 Å². The van der Waals surface area contributed by atoms with Crippen molar-refractivity contribution in [3.8, 4) is 0 Å². The summed E-state index contributed by atoms with van der Waals surface area (Å²) in [6.45, 7) is 15.3. The first-order valence-corrected chi connectivity index (χ1v) is 56.9. The number of imidazole rings is 2. The quantitative estimate of drug-likeness (QED) is 0.0450. The molecule has 5 spiro atoms. The Hall–Kier alpha value is -10.7. The van der Waals surface area contributed by atoms with Gasteiger partial charge in [-0.05, 0) is 224 Å². The van der Waals surface area contributed by atoms with Crippen LogP contribution in [0.3, 0.4) is 0 Å². The maximum Gasteiger partial charge on any atom is 0.268 e. The molecule has 4 saturated heterocycles. The fourth-order valence-corrected chi connectivity index (χ4v) is 28.2. The maximum atomic E-state index is 12.6. The number of ether oxygens (including phenoxy) is 1. The molecule has 27 rings (SSSR count). The molecule has 0 radical (unpaired) electrons. The molecule has 782 valence electrons. The van der Waals surface area contributed by atoms with E-state index >= 15 is 0 Å². The largest absolute Gasteiger partial charge is 0.465 e. The zero-order chi connectivity index (χ0) is 99.8. The van der Waals surface area contributed by atoms with Crippen LogP contribution in [0.2, 0.25) is 0 Å². The molecule has 0 aromatic carbocycles. The number of fused-ring (bicyclic) bond motifs is 20. The van der Waals surface area contributed by atoms with E-state index in [2.05, 4.69) is 123 Å². The second kappa shape index (κ2) is 43.3. The van der Waals surface area contributed by atoms with Crippen LogP contribution in [0.25, 0.3) is 55.4 Å². The molecule has 20 heterocycles. The lowest BCUT2D eigenvalue weighted by Gasteiger charge is -2.43. The number of hydrogen-bond donors (Lipinski definition) is 11. The Labute approximate surface area is 870 Å². The number of rotatable bonds is 14. The van der Waals surface area contributed by atoms with Crippen LogP contribution in [0, 0.1) is 12.8 Å². The van der Waals surface area contributed by atoms with Crippen LogP contribution in [-0.4, -0.2) is 254 Å². The summed E-state index contributed by atoms with van der Waals surface area (Å²) in [7, 11) is 2.23. The first-order chi connectivity index (χ1) is 71.9. The van der Waals surface area contributed by atoms with E-state index in [0.717, 1.165) is 286 Å². The fraction of sp³-hybridized carbons (Fsp3) is 0.651. The van der Waals surface area contributed by atoms with Gasteiger partial charge in [-0.3, -0.25) is 38.5 Å². The van der Waals surface area contributed by atoms with Crippen molar-refractivity contribution < 1.29 is 28.3 Å². The summed E-state index contributed by atoms with van der Waals surface area (Å²) < 4.78 is 22.5. The fourth-order valence-electron chi connectivity index (χ4n) is 27.8. The topological polar surface area (TPSA) is 409 Å². The summed E-state index contributed by atoms with van der Waals surface area (Å²) in [4.78, 5) is 114. The molecular weight excluding hydrogens is 1890 g/mol. The van der Waals surface area contributed by atoms with Gasteiger partial charge in [0.1, 0.15) is 55.2 Å². The first kappa shape index (κ1) is 99.5. The Morgan fingerprint density at radius 3 is 1.35 bits per heavy atom. The normalized spacial score (nSPS) is 25.2. The number of nitrogens with one attached hydrogen (secondary N) is 11. The van der Waals surface area contributed by atoms with Crippen LogP contribution < -0.4 is 58.5 Å². The highest BCUT2D eigenvalue weighted by molar-refractivity contribution is 7.81. The van der Waals surface area contributed by atoms with Crippen molar-refractivity contribution in [2.45, 2.75) is 354 Å². The average molecular weight is 2040 g/mol. The maximum absolute atomic E-state index is 12.6. The van der Waals surface area contributed by atoms with Gasteiger partial charge in [-0.25, -0.2) is 34.9 Å². The zero-order valence-electron chi connectivity index (χ0n) is 85.9. The Balaban J connectivity index is 0.000000102. The number of nitrogens with zero attached hydrogens (tertiary/aromatic N) is 19. The number of hydrogen-bond acceptors (Lipinski definition) is 29. The molecule has 7 aliphatic carbocycles. The Morgan fingerprint density at radius 2 is 0.850 bits per heavy atom. The van der Waals surface area contributed by atoms with Crippen molar-refractivity contribution in [2.24, 2.45) is 5.92 Å². The van der Waals surface area contributed by atoms with Crippen LogP contribution in [0.1, 0.15) is 331 Å². The van der Waals surface area contributed by atoms with Crippen LogP contribution in [0.4, 0.5) is 29.7 Å². The van der Waals surface area contributed by atoms with Gasteiger partial charge in [0.05, 0.1) is 52.9 Å². The third kappa shape index (κ3) is 20.7. The molecular formula is C109H148N30O6S2. The van der Waals surface area contributed by atoms with E-state index in [1.54, 1.807) is 6.20 Å². The first-order valence-electron chi connectivity index (χ1n) is 56.1. The second-order valence-corrected chi connectivity index (χ2v) is 46.3. The third-order valence-corrected chi connectivity index (χ3v) is 36.5. The number of carbonyl (C=O) groups excluding carboxylic acids is 4. The monoisotopic (exact) mass is 2040 g/mol. The minimum absolute atomic E-state index is 0.00777. The summed E-state index contributed by atoms with van der Waals surface area (Å²) in [5.41, 5.74) is 8.54. The number of carbonyl (C=O) groups is 4. The summed E-state index contributed by atoms with van der Waals surface area (Å²) in [5.74, 6) is 6.87. The highest BCUT2D eigenvalue weighted by Gasteiger charge is 2.49. The highest BCUT2D eigenvalue weighted by atomic mass is 32.1. The number of piperazine rings is 1. The van der Waals surface area contributed by atoms with Gasteiger partial charge in [0.25, 0.3) is 5.91 Å². The van der Waals surface area contributed by atoms with E-state index in [-0.39, 0.29) is 57.0 Å². The predicted octanol–water partition coefficient (Wildman–Crippen LogP) is 15.6. The average Bonchev–Trinajstić information content (AvgIpc) is 1.60. The van der Waals surface area contributed by atoms with Gasteiger partial charge in [-0.15, -0.1) is 0 Å². The predicted molar refractivity (Wildman–Crippen MR) is 577 cm³/mol. The van der Waals surface area contributed by atoms with Crippen molar-refractivity contribution in [3.63, 3.8) is 0 Å². The van der Waals surface area contributed by atoms with E-state index in [9.17, 15) is 19.2 Å². The third-order valence-electron chi connectivity index (χ3n) is 35.9. The molecule has 11 N–H and O–H groups in total. The Bertz CT molecular complexity index is 6600. The lowest BCUT2D eigenvalue weighted by Crippen LogP contribution is -2.52. The number of aromatic nitrogens is 17. The van der Waals surface area contributed by atoms with Crippen LogP contribution in [-0.2, 0) is 43.8 Å². The van der Waals surface area contributed by atoms with Crippen molar-refractivity contribution >= 4 is 143 Å². The molecule has 11 fully saturated rings. The number of amides is 2. The smallest absolute Gasteiger partial charge is 0.268 e. The number of anilines is 5. The Kier molecular flexibility index (Phi) is 29.3. The molecule has 7 saturated carbocycles. The molecule has 16 aliphatic rings. The van der Waals surface area contributed by atoms with E-state index in [1.165, 1.54) is 167 Å². The molecule has 9 aliphatic heterocycles. The summed E-state index contributed by atoms with van der Waals surface area (Å²) >= 11 is 11.2. The number of aryl methyl sites for hydroxylation is 1. The van der Waals surface area contributed by atoms with Gasteiger partial charge in [-0.2, -0.15) is 24.9 Å². The zero-order valence-corrected chi connectivity index (χ0v) is 87.5. The molecule has 11 aromatic rings. The molecule has 11 aromatic heterocycles. The molecule has 36 nitrogen and oxygen atoms in total. The number of piperidine rings is 2. The number of likely N-dealkylation sites (N-methyl/N-ethyl adjacent to an activating group) is 1. The summed E-state index contributed by atoms with van der Waals surface area (Å²) in [6.07, 6.45) is 58.2. The lowest BCUT2D eigenvalue weighted by atomic mass is 9.75. The number of thiocarbonyl (C=S) groups is 2. The molecule has 2 amide bonds. The van der Waals surface area contributed by atoms with Crippen molar-refractivity contribution in [1.82, 2.24) is 124 Å². The number of Topliss-reactive ketones (excluding diaryl/α,β-unsaturated/α-hetero) is 2. The summed E-state index contributed by atoms with van der Waals surface area (Å²) in [6, 6.07) is 13.0. The van der Waals surface area contributed by atoms with Gasteiger partial charge >= 0.3 is 0 Å². The number of furan rings is 1. The van der Waals surface area contributed by atoms with E-state index < -0.39 is 0 Å². The van der Waals surface area contributed by atoms with Crippen molar-refractivity contribution in [2.75, 3.05) is 119 Å². The second-order valence-electron chi connectivity index (χ2n) is 45.5. The van der Waals surface area contributed by atoms with Crippen LogP contribution in [0.15, 0.2) is 65.7 Å². The Morgan fingerprint density at radius 1 is 0.422 bits per heavy atom. The van der Waals surface area contributed by atoms with Gasteiger partial charge < -0.3 is 80.9 Å². The minimum atomic E-state index is -0.0412. The highest BCUT2D eigenvalue weighted by Crippen LogP contribution is 2.50. The standard InChI is InChI=1S/C25H36N6O2.C24H36N8S.C21H27N5O2.C21H24N4O2.C18H25N7S/c32-23-21-14-17-15-26-24(30-22(17)31(21)25(16-27-23)10-2-1-3-11-25)29-19-6-4-18(5-7-19)28-20-8-12-33-13-9-20;1-30-11-13-31(14-12-30)18-7-5-17(6-8-18)27-23-25-15-19-20(29-23)32-21(28-19)22(33)26-16-24(32)9-3-2-4-10-24;27-17-6-9-21(7-2-1-3-8-21)26-16(17)11-15-13-23-20(24-18(15)26)25-19(28)14-5-4-10-22-12-14;1-14-5-6-16(27-14)13-23-20-22-12-15-11-17-18(26)7-10-21(8-3-2-4-9-21)25(17)19(15)24-20;26-16-15-23-13-10-20-17(22-12-5-4-8-19-9-12)24-14(13)25(15)18(11-21-16)6-2-1-3-7-18/h14-15,18-20,28H,1-13,16H2,(H,27,32)(H,26,29,30);15,17-18H,2-14,16H2,1H3,(H,26,33)(H,25,27,29);11,13-14,22H,1-10,12H2,(H,23,24,25,28);5-6,11-12H,2-4,7-10,13H2,1H3,(H,22,23,24);10,12,19H,1-9,11H2,(H,21,26)(H,20,22,24). The van der Waals surface area contributed by atoms with Gasteiger partial charge in [0.2, 0.25) is 35.6 Å². The molecule has 2 atom stereocenters. The molecule has 2 unspecified atom stereocenters. The van der Waals surface area contributed by atoms with E-state index in [0.29, 0.717) is 86.5 Å². The number of ketones is 2. The summed E-state index contributed by atoms with van der Waals surface area (Å²) in [5, 5.41) is 40.3. The van der Waals surface area contributed by atoms with Crippen molar-refractivity contribution in [3.05, 3.63) is 102 Å². The van der Waals surface area contributed by atoms with Gasteiger partial charge in [0.15, 0.2) is 34.5 Å². The van der Waals surface area contributed by atoms with Crippen LogP contribution in [0.5, 0.6) is 0 Å². The molecule has 38 heteroatoms. The SMILES string of the molecule is CN1CCN(C2CCC(Nc3ncc4nc5n(c4n3)C3(CCCCC3)CNC5=S)CC2)CC1.Cc1ccc(CNc2ncc3cc4n(c3n2)C2(CCCCC2)CCC4=O)o1.O=C1CCC2(CCCCC2)n2c1cc1cnc(NC(=O)C3CCCNC3)nc12.O=C1NCC2(CCCCC2)n2c1cc1cnc(NC3CCC(NC4CCOCC4)CC3)nc12.S=C1NCC2(CCCCC2)n2c1nc1cnc(NC3CCCNC3)nc12. The minimum Gasteiger partial charge on any atom is -0.465 e. The van der Waals surface area contributed by atoms with Gasteiger partial charge in [0, 0.05) is 167 Å². The molecule has 147 heavy (non-hydrogen) atoms. The lowest BCUT2D eigenvalue weighted by molar-refractivity contribution is -0.120.